The molecule has 218 valence electrons. The molecule has 2 aromatic carbocycles. The number of phenols is 1. The van der Waals surface area contributed by atoms with Gasteiger partial charge in [-0.3, -0.25) is 9.88 Å². The summed E-state index contributed by atoms with van der Waals surface area (Å²) in [5, 5.41) is 14.8. The average molecular weight is 597 g/mol. The van der Waals surface area contributed by atoms with E-state index in [1.165, 1.54) is 30.5 Å². The third kappa shape index (κ3) is 4.00. The minimum absolute atomic E-state index is 0.00433. The molecular weight excluding hydrogens is 569 g/mol. The highest BCUT2D eigenvalue weighted by atomic mass is 35.5. The number of phenolic OH excluding ortho intramolecular Hbond substituents is 1. The summed E-state index contributed by atoms with van der Waals surface area (Å²) in [6, 6.07) is 5.92. The van der Waals surface area contributed by atoms with E-state index in [-0.39, 0.29) is 51.6 Å². The van der Waals surface area contributed by atoms with Gasteiger partial charge in [0.2, 0.25) is 0 Å². The first-order valence-electron chi connectivity index (χ1n) is 14.3. The predicted molar refractivity (Wildman–Crippen MR) is 153 cm³/mol. The lowest BCUT2D eigenvalue weighted by Gasteiger charge is -2.32. The SMILES string of the molecule is Oc1cc(-c2ncc3c(N4C[C@H]5C[C@@H]4CN5)nc(OC[C@@]45CCCN4C[C@H](F)C5)nc3c2F)c2c(Cl)c(F)ccc2c1. The number of nitrogens with one attached hydrogen (secondary N) is 1. The third-order valence-electron chi connectivity index (χ3n) is 9.45. The maximum absolute atomic E-state index is 16.6. The summed E-state index contributed by atoms with van der Waals surface area (Å²) in [6.07, 6.45) is 3.73. The van der Waals surface area contributed by atoms with Gasteiger partial charge >= 0.3 is 6.01 Å². The van der Waals surface area contributed by atoms with Crippen LogP contribution in [-0.2, 0) is 0 Å². The summed E-state index contributed by atoms with van der Waals surface area (Å²) in [5.41, 5.74) is -0.415. The lowest BCUT2D eigenvalue weighted by atomic mass is 9.95. The number of ether oxygens (including phenoxy) is 1. The highest BCUT2D eigenvalue weighted by Gasteiger charge is 2.49. The van der Waals surface area contributed by atoms with Crippen molar-refractivity contribution in [2.75, 3.05) is 37.7 Å². The Bertz CT molecular complexity index is 1760. The van der Waals surface area contributed by atoms with Gasteiger partial charge in [-0.05, 0) is 49.4 Å². The van der Waals surface area contributed by atoms with Crippen LogP contribution in [0.3, 0.4) is 0 Å². The van der Waals surface area contributed by atoms with Gasteiger partial charge in [0.1, 0.15) is 41.4 Å². The minimum atomic E-state index is -0.908. The van der Waals surface area contributed by atoms with Crippen LogP contribution in [0.15, 0.2) is 30.5 Å². The van der Waals surface area contributed by atoms with Crippen LogP contribution in [-0.4, -0.2) is 81.5 Å². The fourth-order valence-electron chi connectivity index (χ4n) is 7.53. The molecule has 4 atom stereocenters. The molecule has 0 amide bonds. The van der Waals surface area contributed by atoms with Crippen LogP contribution in [0.4, 0.5) is 19.0 Å². The van der Waals surface area contributed by atoms with Gasteiger partial charge in [-0.15, -0.1) is 0 Å². The van der Waals surface area contributed by atoms with Crippen molar-refractivity contribution in [3.05, 3.63) is 47.1 Å². The first-order valence-corrected chi connectivity index (χ1v) is 14.7. The van der Waals surface area contributed by atoms with E-state index in [0.717, 1.165) is 32.4 Å². The molecule has 2 bridgehead atoms. The maximum Gasteiger partial charge on any atom is 0.319 e. The van der Waals surface area contributed by atoms with Crippen LogP contribution in [0.2, 0.25) is 5.02 Å². The molecule has 4 aliphatic heterocycles. The number of hydrogen-bond donors (Lipinski definition) is 2. The number of rotatable bonds is 5. The second kappa shape index (κ2) is 9.55. The maximum atomic E-state index is 16.6. The van der Waals surface area contributed by atoms with Crippen molar-refractivity contribution in [3.8, 4) is 23.0 Å². The highest BCUT2D eigenvalue weighted by molar-refractivity contribution is 6.37. The molecule has 2 aromatic heterocycles. The van der Waals surface area contributed by atoms with Crippen molar-refractivity contribution in [2.24, 2.45) is 0 Å². The second-order valence-electron chi connectivity index (χ2n) is 12.0. The summed E-state index contributed by atoms with van der Waals surface area (Å²) in [4.78, 5) is 18.0. The number of alkyl halides is 1. The normalized spacial score (nSPS) is 27.0. The molecule has 2 N–H and O–H groups in total. The van der Waals surface area contributed by atoms with E-state index in [1.54, 1.807) is 0 Å². The molecular formula is C30H28ClF3N6O2. The van der Waals surface area contributed by atoms with E-state index in [9.17, 15) is 13.9 Å². The van der Waals surface area contributed by atoms with Crippen LogP contribution < -0.4 is 15.0 Å². The van der Waals surface area contributed by atoms with E-state index < -0.39 is 23.3 Å². The zero-order valence-corrected chi connectivity index (χ0v) is 23.3. The summed E-state index contributed by atoms with van der Waals surface area (Å²) >= 11 is 6.34. The monoisotopic (exact) mass is 596 g/mol. The van der Waals surface area contributed by atoms with Gasteiger partial charge in [0.05, 0.1) is 15.9 Å². The largest absolute Gasteiger partial charge is 0.508 e. The first-order chi connectivity index (χ1) is 20.3. The smallest absolute Gasteiger partial charge is 0.319 e. The summed E-state index contributed by atoms with van der Waals surface area (Å²) < 4.78 is 51.6. The molecule has 4 aromatic rings. The summed E-state index contributed by atoms with van der Waals surface area (Å²) in [5.74, 6) is -1.04. The van der Waals surface area contributed by atoms with E-state index in [1.807, 2.05) is 0 Å². The molecule has 0 saturated carbocycles. The molecule has 0 radical (unpaired) electrons. The molecule has 0 unspecified atom stereocenters. The van der Waals surface area contributed by atoms with Crippen molar-refractivity contribution in [1.29, 1.82) is 0 Å². The lowest BCUT2D eigenvalue weighted by molar-refractivity contribution is 0.107. The van der Waals surface area contributed by atoms with Crippen molar-refractivity contribution in [2.45, 2.75) is 49.5 Å². The predicted octanol–water partition coefficient (Wildman–Crippen LogP) is 4.99. The molecule has 6 heterocycles. The molecule has 4 saturated heterocycles. The van der Waals surface area contributed by atoms with Crippen LogP contribution in [0.5, 0.6) is 11.8 Å². The standard InChI is InChI=1S/C30H28ClF3N6O2/c31-24-22(33)3-2-15-6-19(41)8-20(23(15)24)26-25(34)27-21(11-36-26)28(40-13-17-7-18(40)10-35-17)38-29(37-27)42-14-30-4-1-5-39(30)12-16(32)9-30/h2-3,6,8,11,16-18,35,41H,1,4-5,7,9-10,12-14H2/t16-,17-,18-,30+/m1/s1. The van der Waals surface area contributed by atoms with Crippen molar-refractivity contribution in [1.82, 2.24) is 25.2 Å². The Morgan fingerprint density at radius 1 is 1.19 bits per heavy atom. The second-order valence-corrected chi connectivity index (χ2v) is 12.4. The van der Waals surface area contributed by atoms with Gasteiger partial charge in [-0.25, -0.2) is 13.2 Å². The van der Waals surface area contributed by atoms with Gasteiger partial charge in [0.15, 0.2) is 5.82 Å². The topological polar surface area (TPSA) is 86.6 Å². The average Bonchev–Trinajstić information content (AvgIpc) is 3.75. The number of nitrogens with zero attached hydrogens (tertiary/aromatic N) is 5. The van der Waals surface area contributed by atoms with Gasteiger partial charge in [-0.1, -0.05) is 17.7 Å². The molecule has 4 aliphatic rings. The van der Waals surface area contributed by atoms with Crippen LogP contribution >= 0.6 is 11.6 Å². The Morgan fingerprint density at radius 2 is 2.07 bits per heavy atom. The van der Waals surface area contributed by atoms with E-state index in [4.69, 9.17) is 21.3 Å². The minimum Gasteiger partial charge on any atom is -0.508 e. The van der Waals surface area contributed by atoms with Crippen LogP contribution in [0, 0.1) is 11.6 Å². The zero-order chi connectivity index (χ0) is 28.7. The Labute approximate surface area is 244 Å². The molecule has 0 aliphatic carbocycles. The number of aromatic nitrogens is 3. The van der Waals surface area contributed by atoms with E-state index in [0.29, 0.717) is 42.1 Å². The summed E-state index contributed by atoms with van der Waals surface area (Å²) in [7, 11) is 0. The number of fused-ring (bicyclic) bond motifs is 5. The number of pyridine rings is 1. The van der Waals surface area contributed by atoms with Gasteiger partial charge < -0.3 is 20.1 Å². The van der Waals surface area contributed by atoms with Gasteiger partial charge in [-0.2, -0.15) is 9.97 Å². The molecule has 42 heavy (non-hydrogen) atoms. The van der Waals surface area contributed by atoms with Crippen LogP contribution in [0.1, 0.15) is 25.7 Å². The van der Waals surface area contributed by atoms with Gasteiger partial charge in [0, 0.05) is 55.3 Å². The molecule has 12 heteroatoms. The Kier molecular flexibility index (Phi) is 5.97. The van der Waals surface area contributed by atoms with E-state index >= 15 is 4.39 Å². The Balaban J connectivity index is 1.27. The number of anilines is 1. The third-order valence-corrected chi connectivity index (χ3v) is 9.82. The van der Waals surface area contributed by atoms with Crippen molar-refractivity contribution < 1.29 is 23.0 Å². The molecule has 8 nitrogen and oxygen atoms in total. The Hall–Kier alpha value is -3.41. The number of aromatic hydroxyl groups is 1. The van der Waals surface area contributed by atoms with Crippen molar-refractivity contribution in [3.63, 3.8) is 0 Å². The lowest BCUT2D eigenvalue weighted by Crippen LogP contribution is -2.44. The molecule has 0 spiro atoms. The fraction of sp³-hybridized carbons (Fsp3) is 0.433. The fourth-order valence-corrected chi connectivity index (χ4v) is 7.80. The van der Waals surface area contributed by atoms with Crippen LogP contribution in [0.25, 0.3) is 32.9 Å². The molecule has 8 rings (SSSR count). The summed E-state index contributed by atoms with van der Waals surface area (Å²) in [6.45, 7) is 2.91. The number of benzene rings is 2. The quantitative estimate of drug-likeness (QED) is 0.333. The van der Waals surface area contributed by atoms with Crippen molar-refractivity contribution >= 4 is 39.1 Å². The first kappa shape index (κ1) is 26.2. The number of piperazine rings is 1. The van der Waals surface area contributed by atoms with Gasteiger partial charge in [0.25, 0.3) is 0 Å². The number of halogens is 4. The zero-order valence-electron chi connectivity index (χ0n) is 22.6. The van der Waals surface area contributed by atoms with E-state index in [2.05, 4.69) is 25.1 Å². The highest BCUT2D eigenvalue weighted by Crippen LogP contribution is 2.43. The Morgan fingerprint density at radius 3 is 2.88 bits per heavy atom. The number of hydrogen-bond acceptors (Lipinski definition) is 8. The molecule has 4 fully saturated rings.